The molecule has 0 heterocycles. The van der Waals surface area contributed by atoms with E-state index in [1.165, 1.54) is 30.3 Å². The molecule has 0 aliphatic carbocycles. The van der Waals surface area contributed by atoms with Crippen LogP contribution in [0, 0.1) is 6.92 Å². The minimum atomic E-state index is -4.65. The van der Waals surface area contributed by atoms with Crippen LogP contribution in [-0.2, 0) is 22.7 Å². The van der Waals surface area contributed by atoms with Gasteiger partial charge >= 0.3 is 6.18 Å². The molecule has 0 spiro atoms. The van der Waals surface area contributed by atoms with Gasteiger partial charge < -0.3 is 5.32 Å². The minimum absolute atomic E-state index is 0.00167. The molecule has 4 aromatic carbocycles. The first-order chi connectivity index (χ1) is 18.4. The van der Waals surface area contributed by atoms with Crippen LogP contribution in [0.1, 0.15) is 27.0 Å². The van der Waals surface area contributed by atoms with E-state index in [0.29, 0.717) is 10.6 Å². The zero-order valence-corrected chi connectivity index (χ0v) is 22.7. The molecule has 39 heavy (non-hydrogen) atoms. The van der Waals surface area contributed by atoms with Crippen molar-refractivity contribution in [3.63, 3.8) is 0 Å². The molecule has 0 atom stereocenters. The van der Waals surface area contributed by atoms with E-state index >= 15 is 0 Å². The van der Waals surface area contributed by atoms with Crippen molar-refractivity contribution in [2.45, 2.75) is 24.5 Å². The average molecular weight is 593 g/mol. The van der Waals surface area contributed by atoms with Gasteiger partial charge in [-0.25, -0.2) is 8.42 Å². The lowest BCUT2D eigenvalue weighted by Crippen LogP contribution is -2.32. The third kappa shape index (κ3) is 6.55. The summed E-state index contributed by atoms with van der Waals surface area (Å²) in [5.41, 5.74) is 0.116. The fraction of sp³-hybridized carbons (Fsp3) is 0.107. The monoisotopic (exact) mass is 592 g/mol. The van der Waals surface area contributed by atoms with E-state index in [1.807, 2.05) is 6.92 Å². The highest BCUT2D eigenvalue weighted by atomic mass is 35.5. The second kappa shape index (κ2) is 11.3. The van der Waals surface area contributed by atoms with Crippen molar-refractivity contribution in [1.29, 1.82) is 0 Å². The highest BCUT2D eigenvalue weighted by molar-refractivity contribution is 7.92. The Morgan fingerprint density at radius 1 is 0.897 bits per heavy atom. The number of hydrogen-bond donors (Lipinski definition) is 1. The van der Waals surface area contributed by atoms with Crippen LogP contribution in [0.3, 0.4) is 0 Å². The Morgan fingerprint density at radius 3 is 2.18 bits per heavy atom. The standard InChI is InChI=1S/C28H21Cl2F3N2O3S/c1-18-6-13-22(14-7-18)39(37,38)35(17-19-8-11-21(29)12-9-19)26-5-3-2-4-23(26)27(36)34-25-16-20(28(31,32)33)10-15-24(25)30/h2-16H,17H2,1H3,(H,34,36). The molecule has 0 aliphatic rings. The van der Waals surface area contributed by atoms with Gasteiger partial charge in [0, 0.05) is 5.02 Å². The van der Waals surface area contributed by atoms with Gasteiger partial charge in [-0.2, -0.15) is 13.2 Å². The highest BCUT2D eigenvalue weighted by Gasteiger charge is 2.32. The number of para-hydroxylation sites is 1. The molecule has 202 valence electrons. The fourth-order valence-electron chi connectivity index (χ4n) is 3.76. The van der Waals surface area contributed by atoms with E-state index in [4.69, 9.17) is 23.2 Å². The minimum Gasteiger partial charge on any atom is -0.321 e. The van der Waals surface area contributed by atoms with Crippen LogP contribution in [0.2, 0.25) is 10.0 Å². The molecule has 0 saturated heterocycles. The number of benzene rings is 4. The second-order valence-corrected chi connectivity index (χ2v) is 11.3. The Balaban J connectivity index is 1.79. The lowest BCUT2D eigenvalue weighted by Gasteiger charge is -2.27. The number of halogens is 5. The summed E-state index contributed by atoms with van der Waals surface area (Å²) in [6.45, 7) is 1.67. The number of anilines is 2. The average Bonchev–Trinajstić information content (AvgIpc) is 2.89. The summed E-state index contributed by atoms with van der Waals surface area (Å²) >= 11 is 12.1. The summed E-state index contributed by atoms with van der Waals surface area (Å²) in [5.74, 6) is -0.841. The molecule has 0 bridgehead atoms. The van der Waals surface area contributed by atoms with Gasteiger partial charge in [0.15, 0.2) is 0 Å². The lowest BCUT2D eigenvalue weighted by atomic mass is 10.1. The molecule has 4 aromatic rings. The molecular weight excluding hydrogens is 572 g/mol. The van der Waals surface area contributed by atoms with Crippen molar-refractivity contribution in [3.05, 3.63) is 123 Å². The van der Waals surface area contributed by atoms with Crippen LogP contribution < -0.4 is 9.62 Å². The third-order valence-electron chi connectivity index (χ3n) is 5.81. The molecule has 1 amide bonds. The summed E-state index contributed by atoms with van der Waals surface area (Å²) in [6, 6.07) is 21.2. The number of alkyl halides is 3. The molecule has 0 aromatic heterocycles. The van der Waals surface area contributed by atoms with Crippen LogP contribution in [-0.4, -0.2) is 14.3 Å². The van der Waals surface area contributed by atoms with Gasteiger partial charge in [0.2, 0.25) is 0 Å². The molecule has 0 unspecified atom stereocenters. The smallest absolute Gasteiger partial charge is 0.321 e. The third-order valence-corrected chi connectivity index (χ3v) is 8.16. The number of nitrogens with zero attached hydrogens (tertiary/aromatic N) is 1. The van der Waals surface area contributed by atoms with Crippen molar-refractivity contribution < 1.29 is 26.4 Å². The Kier molecular flexibility index (Phi) is 8.25. The van der Waals surface area contributed by atoms with Gasteiger partial charge in [-0.3, -0.25) is 9.10 Å². The van der Waals surface area contributed by atoms with Crippen molar-refractivity contribution in [1.82, 2.24) is 0 Å². The number of aryl methyl sites for hydroxylation is 1. The summed E-state index contributed by atoms with van der Waals surface area (Å²) in [5, 5.41) is 2.74. The molecule has 0 aliphatic heterocycles. The maximum Gasteiger partial charge on any atom is 0.416 e. The zero-order chi connectivity index (χ0) is 28.4. The van der Waals surface area contributed by atoms with Crippen LogP contribution in [0.25, 0.3) is 0 Å². The predicted molar refractivity (Wildman–Crippen MR) is 147 cm³/mol. The fourth-order valence-corrected chi connectivity index (χ4v) is 5.53. The number of hydrogen-bond acceptors (Lipinski definition) is 3. The first kappa shape index (κ1) is 28.5. The van der Waals surface area contributed by atoms with E-state index in [-0.39, 0.29) is 33.4 Å². The highest BCUT2D eigenvalue weighted by Crippen LogP contribution is 2.35. The Hall–Kier alpha value is -3.53. The van der Waals surface area contributed by atoms with Crippen molar-refractivity contribution >= 4 is 50.5 Å². The number of carbonyl (C=O) groups is 1. The van der Waals surface area contributed by atoms with Crippen molar-refractivity contribution in [3.8, 4) is 0 Å². The van der Waals surface area contributed by atoms with Gasteiger partial charge in [-0.15, -0.1) is 0 Å². The summed E-state index contributed by atoms with van der Waals surface area (Å²) in [7, 11) is -4.20. The summed E-state index contributed by atoms with van der Waals surface area (Å²) in [4.78, 5) is 13.4. The van der Waals surface area contributed by atoms with Crippen LogP contribution in [0.4, 0.5) is 24.5 Å². The van der Waals surface area contributed by atoms with Gasteiger partial charge in [0.05, 0.1) is 39.0 Å². The lowest BCUT2D eigenvalue weighted by molar-refractivity contribution is -0.137. The van der Waals surface area contributed by atoms with E-state index < -0.39 is 27.7 Å². The van der Waals surface area contributed by atoms with Crippen LogP contribution >= 0.6 is 23.2 Å². The summed E-state index contributed by atoms with van der Waals surface area (Å²) in [6.07, 6.45) is -4.65. The largest absolute Gasteiger partial charge is 0.416 e. The maximum atomic E-state index is 13.9. The molecule has 5 nitrogen and oxygen atoms in total. The number of nitrogens with one attached hydrogen (secondary N) is 1. The second-order valence-electron chi connectivity index (χ2n) is 8.61. The summed E-state index contributed by atoms with van der Waals surface area (Å²) < 4.78 is 68.6. The van der Waals surface area contributed by atoms with E-state index in [2.05, 4.69) is 5.32 Å². The number of rotatable bonds is 7. The first-order valence-corrected chi connectivity index (χ1v) is 13.7. The SMILES string of the molecule is Cc1ccc(S(=O)(=O)N(Cc2ccc(Cl)cc2)c2ccccc2C(=O)Nc2cc(C(F)(F)F)ccc2Cl)cc1. The van der Waals surface area contributed by atoms with Crippen LogP contribution in [0.5, 0.6) is 0 Å². The normalized spacial score (nSPS) is 11.7. The topological polar surface area (TPSA) is 66.5 Å². The Morgan fingerprint density at radius 2 is 1.54 bits per heavy atom. The van der Waals surface area contributed by atoms with Gasteiger partial charge in [0.25, 0.3) is 15.9 Å². The molecule has 0 radical (unpaired) electrons. The Bertz CT molecular complexity index is 1610. The van der Waals surface area contributed by atoms with E-state index in [0.717, 1.165) is 28.1 Å². The van der Waals surface area contributed by atoms with E-state index in [1.54, 1.807) is 42.5 Å². The molecule has 11 heteroatoms. The first-order valence-electron chi connectivity index (χ1n) is 11.5. The molecule has 4 rings (SSSR count). The van der Waals surface area contributed by atoms with Crippen LogP contribution in [0.15, 0.2) is 95.9 Å². The Labute approximate surface area is 233 Å². The number of carbonyl (C=O) groups excluding carboxylic acids is 1. The number of amides is 1. The quantitative estimate of drug-likeness (QED) is 0.236. The zero-order valence-electron chi connectivity index (χ0n) is 20.3. The molecule has 0 fully saturated rings. The van der Waals surface area contributed by atoms with Gasteiger partial charge in [-0.1, -0.05) is 65.2 Å². The molecule has 1 N–H and O–H groups in total. The number of sulfonamides is 1. The van der Waals surface area contributed by atoms with Gasteiger partial charge in [-0.05, 0) is 67.1 Å². The van der Waals surface area contributed by atoms with Crippen molar-refractivity contribution in [2.75, 3.05) is 9.62 Å². The molecular formula is C28H21Cl2F3N2O3S. The molecule has 0 saturated carbocycles. The van der Waals surface area contributed by atoms with E-state index in [9.17, 15) is 26.4 Å². The van der Waals surface area contributed by atoms with Gasteiger partial charge in [0.1, 0.15) is 0 Å². The maximum absolute atomic E-state index is 13.9. The van der Waals surface area contributed by atoms with Crippen molar-refractivity contribution in [2.24, 2.45) is 0 Å². The predicted octanol–water partition coefficient (Wildman–Crippen LogP) is 7.97.